The van der Waals surface area contributed by atoms with Gasteiger partial charge in [-0.15, -0.1) is 0 Å². The molecular formula is C36H34F2N8O6. The average Bonchev–Trinajstić information content (AvgIpc) is 3.58. The topological polar surface area (TPSA) is 190 Å². The number of imidazole rings is 2. The van der Waals surface area contributed by atoms with E-state index in [1.54, 1.807) is 24.3 Å². The monoisotopic (exact) mass is 712 g/mol. The van der Waals surface area contributed by atoms with Crippen LogP contribution >= 0.6 is 0 Å². The van der Waals surface area contributed by atoms with Crippen LogP contribution in [0.2, 0.25) is 0 Å². The molecule has 0 spiro atoms. The number of hydrogen-bond acceptors (Lipinski definition) is 10. The molecule has 4 aromatic heterocycles. The Kier molecular flexibility index (Phi) is 9.60. The maximum Gasteiger partial charge on any atom is 0.326 e. The second-order valence-electron chi connectivity index (χ2n) is 11.9. The van der Waals surface area contributed by atoms with Crippen molar-refractivity contribution in [1.29, 1.82) is 0 Å². The molecule has 0 aliphatic carbocycles. The van der Waals surface area contributed by atoms with Crippen LogP contribution in [0.25, 0.3) is 22.1 Å². The second-order valence-corrected chi connectivity index (χ2v) is 11.9. The lowest BCUT2D eigenvalue weighted by Crippen LogP contribution is -2.17. The van der Waals surface area contributed by atoms with Gasteiger partial charge < -0.3 is 40.4 Å². The van der Waals surface area contributed by atoms with Crippen molar-refractivity contribution in [3.8, 4) is 23.3 Å². The Bertz CT molecular complexity index is 2280. The van der Waals surface area contributed by atoms with Crippen molar-refractivity contribution in [2.45, 2.75) is 25.9 Å². The Balaban J connectivity index is 0.000000162. The molecule has 6 heterocycles. The maximum absolute atomic E-state index is 13.9. The number of pyridine rings is 2. The first-order valence-corrected chi connectivity index (χ1v) is 16.4. The SMILES string of the molecule is Nc1nc2cc3c1[nH]c(=O)n3Cc1cc(F)cc(c1)OC/C=C/CCO2.Nc1nc2cc3c1[nH]c(=O)n3Cc1cc(F)cc(c1)OC/C=C/CCO2. The molecular weight excluding hydrogens is 678 g/mol. The van der Waals surface area contributed by atoms with Crippen molar-refractivity contribution >= 4 is 33.7 Å². The Morgan fingerprint density at radius 1 is 0.596 bits per heavy atom. The van der Waals surface area contributed by atoms with Crippen molar-refractivity contribution < 1.29 is 27.7 Å². The lowest BCUT2D eigenvalue weighted by Gasteiger charge is -2.09. The average molecular weight is 713 g/mol. The molecule has 268 valence electrons. The third kappa shape index (κ3) is 7.60. The molecule has 2 aromatic carbocycles. The van der Waals surface area contributed by atoms with Crippen LogP contribution in [-0.2, 0) is 13.1 Å². The summed E-state index contributed by atoms with van der Waals surface area (Å²) in [6.45, 7) is 1.76. The van der Waals surface area contributed by atoms with Crippen LogP contribution < -0.4 is 41.8 Å². The molecule has 0 amide bonds. The van der Waals surface area contributed by atoms with E-state index in [-0.39, 0.29) is 36.1 Å². The lowest BCUT2D eigenvalue weighted by atomic mass is 10.2. The number of fused-ring (bicyclic) bond motifs is 6. The van der Waals surface area contributed by atoms with Gasteiger partial charge in [0, 0.05) is 24.3 Å². The molecule has 0 saturated carbocycles. The highest BCUT2D eigenvalue weighted by molar-refractivity contribution is 5.86. The summed E-state index contributed by atoms with van der Waals surface area (Å²) >= 11 is 0. The van der Waals surface area contributed by atoms with E-state index in [4.69, 9.17) is 30.4 Å². The third-order valence-electron chi connectivity index (χ3n) is 8.18. The van der Waals surface area contributed by atoms with Crippen LogP contribution in [0.15, 0.2) is 82.4 Å². The number of benzene rings is 2. The minimum absolute atomic E-state index is 0.158. The molecule has 6 N–H and O–H groups in total. The summed E-state index contributed by atoms with van der Waals surface area (Å²) in [4.78, 5) is 38.5. The number of ether oxygens (including phenoxy) is 4. The minimum atomic E-state index is -0.427. The van der Waals surface area contributed by atoms with Gasteiger partial charge in [0.25, 0.3) is 0 Å². The first kappa shape index (κ1) is 33.9. The Morgan fingerprint density at radius 3 is 1.48 bits per heavy atom. The van der Waals surface area contributed by atoms with E-state index >= 15 is 0 Å². The molecule has 8 rings (SSSR count). The lowest BCUT2D eigenvalue weighted by molar-refractivity contribution is 0.312. The van der Waals surface area contributed by atoms with Crippen molar-refractivity contribution in [1.82, 2.24) is 29.1 Å². The molecule has 2 aliphatic heterocycles. The van der Waals surface area contributed by atoms with Gasteiger partial charge in [-0.1, -0.05) is 24.3 Å². The number of aromatic amines is 2. The first-order chi connectivity index (χ1) is 25.2. The van der Waals surface area contributed by atoms with E-state index < -0.39 is 11.6 Å². The van der Waals surface area contributed by atoms with Crippen molar-refractivity contribution in [3.63, 3.8) is 0 Å². The van der Waals surface area contributed by atoms with Gasteiger partial charge in [-0.05, 0) is 48.2 Å². The first-order valence-electron chi connectivity index (χ1n) is 16.4. The van der Waals surface area contributed by atoms with Crippen LogP contribution in [0.1, 0.15) is 24.0 Å². The van der Waals surface area contributed by atoms with E-state index in [0.29, 0.717) is 95.7 Å². The van der Waals surface area contributed by atoms with E-state index in [0.717, 1.165) is 0 Å². The number of nitrogens with zero attached hydrogens (tertiary/aromatic N) is 4. The number of aromatic nitrogens is 6. The number of rotatable bonds is 0. The summed E-state index contributed by atoms with van der Waals surface area (Å²) in [6, 6.07) is 12.1. The zero-order chi connectivity index (χ0) is 36.2. The zero-order valence-electron chi connectivity index (χ0n) is 27.7. The van der Waals surface area contributed by atoms with E-state index in [1.807, 2.05) is 24.3 Å². The van der Waals surface area contributed by atoms with Crippen molar-refractivity contribution in [2.75, 3.05) is 37.9 Å². The molecule has 0 unspecified atom stereocenters. The van der Waals surface area contributed by atoms with Gasteiger partial charge in [0.1, 0.15) is 47.4 Å². The summed E-state index contributed by atoms with van der Waals surface area (Å²) in [5, 5.41) is 0. The zero-order valence-corrected chi connectivity index (χ0v) is 27.7. The highest BCUT2D eigenvalue weighted by atomic mass is 19.1. The van der Waals surface area contributed by atoms with E-state index in [9.17, 15) is 18.4 Å². The molecule has 0 radical (unpaired) electrons. The quantitative estimate of drug-likeness (QED) is 0.164. The largest absolute Gasteiger partial charge is 0.489 e. The molecule has 0 saturated heterocycles. The molecule has 16 heteroatoms. The predicted molar refractivity (Wildman–Crippen MR) is 190 cm³/mol. The number of anilines is 2. The Labute approximate surface area is 293 Å². The molecule has 0 atom stereocenters. The number of halogens is 2. The van der Waals surface area contributed by atoms with E-state index in [2.05, 4.69) is 19.9 Å². The fourth-order valence-corrected chi connectivity index (χ4v) is 5.85. The minimum Gasteiger partial charge on any atom is -0.489 e. The summed E-state index contributed by atoms with van der Waals surface area (Å²) in [5.41, 5.74) is 14.3. The van der Waals surface area contributed by atoms with Crippen LogP contribution in [0, 0.1) is 11.6 Å². The highest BCUT2D eigenvalue weighted by Gasteiger charge is 2.16. The number of nitrogens with one attached hydrogen (secondary N) is 2. The number of nitrogens with two attached hydrogens (primary N) is 2. The second kappa shape index (κ2) is 14.7. The van der Waals surface area contributed by atoms with E-state index in [1.165, 1.54) is 33.4 Å². The van der Waals surface area contributed by atoms with Crippen molar-refractivity contribution in [3.05, 3.63) is 117 Å². The highest BCUT2D eigenvalue weighted by Crippen LogP contribution is 2.26. The summed E-state index contributed by atoms with van der Waals surface area (Å²) in [5.74, 6) is 0.987. The van der Waals surface area contributed by atoms with Gasteiger partial charge >= 0.3 is 11.4 Å². The van der Waals surface area contributed by atoms with Crippen LogP contribution in [0.5, 0.6) is 23.3 Å². The predicted octanol–water partition coefficient (Wildman–Crippen LogP) is 4.42. The molecule has 0 fully saturated rings. The van der Waals surface area contributed by atoms with Gasteiger partial charge in [-0.2, -0.15) is 9.97 Å². The molecule has 52 heavy (non-hydrogen) atoms. The summed E-state index contributed by atoms with van der Waals surface area (Å²) in [6.07, 6.45) is 8.80. The number of H-pyrrole nitrogens is 2. The number of hydrogen-bond donors (Lipinski definition) is 4. The molecule has 14 nitrogen and oxygen atoms in total. The van der Waals surface area contributed by atoms with Gasteiger partial charge in [0.05, 0.1) is 37.3 Å². The van der Waals surface area contributed by atoms with Gasteiger partial charge in [-0.3, -0.25) is 9.13 Å². The van der Waals surface area contributed by atoms with Gasteiger partial charge in [-0.25, -0.2) is 18.4 Å². The van der Waals surface area contributed by atoms with Crippen LogP contribution in [0.3, 0.4) is 0 Å². The van der Waals surface area contributed by atoms with Crippen LogP contribution in [-0.4, -0.2) is 55.5 Å². The molecule has 2 aliphatic rings. The maximum atomic E-state index is 13.9. The smallest absolute Gasteiger partial charge is 0.326 e. The molecule has 6 aromatic rings. The third-order valence-corrected chi connectivity index (χ3v) is 8.18. The number of nitrogen functional groups attached to an aromatic ring is 2. The van der Waals surface area contributed by atoms with Gasteiger partial charge in [0.15, 0.2) is 11.6 Å². The summed E-state index contributed by atoms with van der Waals surface area (Å²) < 4.78 is 53.2. The van der Waals surface area contributed by atoms with Gasteiger partial charge in [0.2, 0.25) is 11.8 Å². The fourth-order valence-electron chi connectivity index (χ4n) is 5.85. The normalized spacial score (nSPS) is 15.7. The Morgan fingerprint density at radius 2 is 1.04 bits per heavy atom. The van der Waals surface area contributed by atoms with Crippen molar-refractivity contribution in [2.24, 2.45) is 0 Å². The summed E-state index contributed by atoms with van der Waals surface area (Å²) in [7, 11) is 0. The molecule has 8 bridgehead atoms. The Hall–Kier alpha value is -6.58. The fraction of sp³-hybridized carbons (Fsp3) is 0.222. The standard InChI is InChI=1S/2C18H17FN4O3/c2*19-12-6-11-7-13(8-12)25-4-2-1-3-5-26-15-9-14-16(17(20)21-15)22-18(24)23(14)10-11/h2*1-2,6-9H,3-5,10H2,(H2,20,21)(H,22,24)/b2*2-1+. The van der Waals surface area contributed by atoms with Crippen LogP contribution in [0.4, 0.5) is 20.4 Å².